The predicted molar refractivity (Wildman–Crippen MR) is 108 cm³/mol. The Kier molecular flexibility index (Phi) is 7.52. The lowest BCUT2D eigenvalue weighted by Crippen LogP contribution is -2.36. The third-order valence-corrected chi connectivity index (χ3v) is 4.56. The third kappa shape index (κ3) is 5.25. The van der Waals surface area contributed by atoms with Crippen LogP contribution in [0.2, 0.25) is 0 Å². The first-order valence-electron chi connectivity index (χ1n) is 9.45. The molecule has 0 aliphatic carbocycles. The van der Waals surface area contributed by atoms with Gasteiger partial charge in [-0.15, -0.1) is 0 Å². The quantitative estimate of drug-likeness (QED) is 0.734. The van der Waals surface area contributed by atoms with Crippen LogP contribution < -0.4 is 15.0 Å². The molecule has 0 aliphatic rings. The first kappa shape index (κ1) is 19.8. The molecule has 1 amide bonds. The van der Waals surface area contributed by atoms with Crippen molar-refractivity contribution in [2.45, 2.75) is 46.8 Å². The summed E-state index contributed by atoms with van der Waals surface area (Å²) in [5, 5.41) is 2.96. The van der Waals surface area contributed by atoms with Crippen molar-refractivity contribution >= 4 is 11.6 Å². The van der Waals surface area contributed by atoms with E-state index in [1.165, 1.54) is 5.69 Å². The van der Waals surface area contributed by atoms with Crippen molar-refractivity contribution in [1.82, 2.24) is 5.32 Å². The van der Waals surface area contributed by atoms with Gasteiger partial charge in [-0.2, -0.15) is 0 Å². The Balaban J connectivity index is 1.89. The Morgan fingerprint density at radius 2 is 1.69 bits per heavy atom. The topological polar surface area (TPSA) is 41.6 Å². The minimum absolute atomic E-state index is 0.108. The predicted octanol–water partition coefficient (Wildman–Crippen LogP) is 4.18. The molecule has 0 saturated heterocycles. The van der Waals surface area contributed by atoms with Crippen molar-refractivity contribution in [1.29, 1.82) is 0 Å². The van der Waals surface area contributed by atoms with E-state index < -0.39 is 6.10 Å². The second kappa shape index (κ2) is 9.85. The Morgan fingerprint density at radius 1 is 1.04 bits per heavy atom. The third-order valence-electron chi connectivity index (χ3n) is 4.56. The number of aryl methyl sites for hydroxylation is 1. The maximum absolute atomic E-state index is 12.3. The van der Waals surface area contributed by atoms with Gasteiger partial charge in [0.1, 0.15) is 5.75 Å². The highest BCUT2D eigenvalue weighted by atomic mass is 16.5. The van der Waals surface area contributed by atoms with E-state index in [9.17, 15) is 4.79 Å². The standard InChI is InChI=1S/C22H30N2O2/c1-5-19-10-8-9-11-21(19)26-17(4)22(25)23-16-18-12-14-20(15-13-18)24(6-2)7-3/h8-15,17H,5-7,16H2,1-4H3,(H,23,25)/t17-/m1/s1. The second-order valence-electron chi connectivity index (χ2n) is 6.28. The number of carbonyl (C=O) groups excluding carboxylic acids is 1. The molecule has 26 heavy (non-hydrogen) atoms. The molecular weight excluding hydrogens is 324 g/mol. The molecule has 140 valence electrons. The fraction of sp³-hybridized carbons (Fsp3) is 0.409. The summed E-state index contributed by atoms with van der Waals surface area (Å²) in [4.78, 5) is 14.6. The molecule has 0 spiro atoms. The van der Waals surface area contributed by atoms with E-state index in [1.807, 2.05) is 24.3 Å². The summed E-state index contributed by atoms with van der Waals surface area (Å²) in [6.07, 6.45) is 0.348. The average molecular weight is 354 g/mol. The molecular formula is C22H30N2O2. The summed E-state index contributed by atoms with van der Waals surface area (Å²) < 4.78 is 5.85. The summed E-state index contributed by atoms with van der Waals surface area (Å²) in [5.74, 6) is 0.671. The Hall–Kier alpha value is -2.49. The van der Waals surface area contributed by atoms with Gasteiger partial charge in [-0.05, 0) is 56.5 Å². The lowest BCUT2D eigenvalue weighted by molar-refractivity contribution is -0.127. The fourth-order valence-electron chi connectivity index (χ4n) is 2.90. The molecule has 4 nitrogen and oxygen atoms in total. The number of hydrogen-bond donors (Lipinski definition) is 1. The molecule has 2 aromatic rings. The Bertz CT molecular complexity index is 694. The van der Waals surface area contributed by atoms with Crippen LogP contribution in [-0.2, 0) is 17.8 Å². The van der Waals surface area contributed by atoms with Crippen molar-refractivity contribution in [2.24, 2.45) is 0 Å². The average Bonchev–Trinajstić information content (AvgIpc) is 2.68. The highest BCUT2D eigenvalue weighted by molar-refractivity contribution is 5.80. The molecule has 1 atom stereocenters. The van der Waals surface area contributed by atoms with Crippen LogP contribution in [0.3, 0.4) is 0 Å². The Morgan fingerprint density at radius 3 is 2.31 bits per heavy atom. The normalized spacial score (nSPS) is 11.7. The first-order valence-corrected chi connectivity index (χ1v) is 9.45. The van der Waals surface area contributed by atoms with Gasteiger partial charge in [0.15, 0.2) is 6.10 Å². The monoisotopic (exact) mass is 354 g/mol. The van der Waals surface area contributed by atoms with Crippen molar-refractivity contribution in [2.75, 3.05) is 18.0 Å². The SMILES string of the molecule is CCc1ccccc1O[C@H](C)C(=O)NCc1ccc(N(CC)CC)cc1. The molecule has 0 bridgehead atoms. The van der Waals surface area contributed by atoms with E-state index in [2.05, 4.69) is 55.3 Å². The smallest absolute Gasteiger partial charge is 0.261 e. The highest BCUT2D eigenvalue weighted by Gasteiger charge is 2.15. The van der Waals surface area contributed by atoms with E-state index in [-0.39, 0.29) is 5.91 Å². The number of benzene rings is 2. The van der Waals surface area contributed by atoms with Crippen LogP contribution in [0.5, 0.6) is 5.75 Å². The van der Waals surface area contributed by atoms with Gasteiger partial charge in [0.05, 0.1) is 0 Å². The number of carbonyl (C=O) groups is 1. The van der Waals surface area contributed by atoms with Crippen LogP contribution in [0, 0.1) is 0 Å². The van der Waals surface area contributed by atoms with Crippen LogP contribution in [0.15, 0.2) is 48.5 Å². The maximum Gasteiger partial charge on any atom is 0.261 e. The van der Waals surface area contributed by atoms with Crippen LogP contribution in [0.1, 0.15) is 38.8 Å². The fourth-order valence-corrected chi connectivity index (χ4v) is 2.90. The van der Waals surface area contributed by atoms with E-state index in [0.29, 0.717) is 6.54 Å². The lowest BCUT2D eigenvalue weighted by atomic mass is 10.1. The lowest BCUT2D eigenvalue weighted by Gasteiger charge is -2.21. The van der Waals surface area contributed by atoms with E-state index in [4.69, 9.17) is 4.74 Å². The highest BCUT2D eigenvalue weighted by Crippen LogP contribution is 2.20. The van der Waals surface area contributed by atoms with Crippen molar-refractivity contribution in [3.63, 3.8) is 0 Å². The van der Waals surface area contributed by atoms with Gasteiger partial charge in [0, 0.05) is 25.3 Å². The molecule has 0 aromatic heterocycles. The van der Waals surface area contributed by atoms with Gasteiger partial charge in [-0.3, -0.25) is 4.79 Å². The number of para-hydroxylation sites is 1. The van der Waals surface area contributed by atoms with Gasteiger partial charge in [-0.25, -0.2) is 0 Å². The van der Waals surface area contributed by atoms with E-state index in [0.717, 1.165) is 36.4 Å². The Labute approximate surface area is 157 Å². The molecule has 0 heterocycles. The van der Waals surface area contributed by atoms with Crippen LogP contribution >= 0.6 is 0 Å². The molecule has 0 saturated carbocycles. The van der Waals surface area contributed by atoms with Crippen LogP contribution in [-0.4, -0.2) is 25.1 Å². The molecule has 2 rings (SSSR count). The summed E-state index contributed by atoms with van der Waals surface area (Å²) in [6.45, 7) is 10.6. The number of anilines is 1. The van der Waals surface area contributed by atoms with Crippen LogP contribution in [0.25, 0.3) is 0 Å². The zero-order valence-electron chi connectivity index (χ0n) is 16.3. The number of ether oxygens (including phenoxy) is 1. The largest absolute Gasteiger partial charge is 0.481 e. The van der Waals surface area contributed by atoms with Crippen molar-refractivity contribution in [3.8, 4) is 5.75 Å². The van der Waals surface area contributed by atoms with E-state index in [1.54, 1.807) is 6.92 Å². The molecule has 2 aromatic carbocycles. The summed E-state index contributed by atoms with van der Waals surface area (Å²) in [6, 6.07) is 16.2. The van der Waals surface area contributed by atoms with Crippen molar-refractivity contribution < 1.29 is 9.53 Å². The molecule has 0 radical (unpaired) electrons. The zero-order chi connectivity index (χ0) is 18.9. The number of rotatable bonds is 9. The number of hydrogen-bond acceptors (Lipinski definition) is 3. The minimum atomic E-state index is -0.530. The molecule has 0 fully saturated rings. The zero-order valence-corrected chi connectivity index (χ0v) is 16.3. The van der Waals surface area contributed by atoms with Gasteiger partial charge >= 0.3 is 0 Å². The van der Waals surface area contributed by atoms with Gasteiger partial charge in [0.25, 0.3) is 5.91 Å². The summed E-state index contributed by atoms with van der Waals surface area (Å²) in [7, 11) is 0. The first-order chi connectivity index (χ1) is 12.6. The van der Waals surface area contributed by atoms with E-state index >= 15 is 0 Å². The number of nitrogens with zero attached hydrogens (tertiary/aromatic N) is 1. The second-order valence-corrected chi connectivity index (χ2v) is 6.28. The van der Waals surface area contributed by atoms with Crippen molar-refractivity contribution in [3.05, 3.63) is 59.7 Å². The summed E-state index contributed by atoms with van der Waals surface area (Å²) >= 11 is 0. The van der Waals surface area contributed by atoms with Gasteiger partial charge < -0.3 is 15.0 Å². The molecule has 1 N–H and O–H groups in total. The van der Waals surface area contributed by atoms with Gasteiger partial charge in [0.2, 0.25) is 0 Å². The van der Waals surface area contributed by atoms with Gasteiger partial charge in [-0.1, -0.05) is 37.3 Å². The number of nitrogens with one attached hydrogen (secondary N) is 1. The minimum Gasteiger partial charge on any atom is -0.481 e. The van der Waals surface area contributed by atoms with Crippen LogP contribution in [0.4, 0.5) is 5.69 Å². The maximum atomic E-state index is 12.3. The molecule has 0 aliphatic heterocycles. The number of amides is 1. The summed E-state index contributed by atoms with van der Waals surface area (Å²) in [5.41, 5.74) is 3.40. The molecule has 4 heteroatoms. The molecule has 0 unspecified atom stereocenters.